The molecule has 2 unspecified atom stereocenters. The van der Waals surface area contributed by atoms with E-state index in [0.717, 1.165) is 5.56 Å². The average Bonchev–Trinajstić information content (AvgIpc) is 3.01. The standard InChI is InChI=1S/C17H25N5O3S.ClH/c1-5-12(2)21-26(24,25)15-8-6-7-14(9-15)20-17(23)16(18-3)13-10-19-22(4)11-13;/h6-12,16,18,21H,5H2,1-4H3,(H,20,23);1H. The summed E-state index contributed by atoms with van der Waals surface area (Å²) in [4.78, 5) is 12.7. The number of carbonyl (C=O) groups is 1. The van der Waals surface area contributed by atoms with Crippen LogP contribution in [-0.2, 0) is 21.9 Å². The number of hydrogen-bond donors (Lipinski definition) is 3. The molecular weight excluding hydrogens is 390 g/mol. The summed E-state index contributed by atoms with van der Waals surface area (Å²) in [5, 5.41) is 9.75. The lowest BCUT2D eigenvalue weighted by atomic mass is 10.1. The minimum absolute atomic E-state index is 0. The number of carbonyl (C=O) groups excluding carboxylic acids is 1. The molecular formula is C17H26ClN5O3S. The van der Waals surface area contributed by atoms with Crippen LogP contribution in [0.25, 0.3) is 0 Å². The van der Waals surface area contributed by atoms with Gasteiger partial charge in [0.25, 0.3) is 0 Å². The van der Waals surface area contributed by atoms with E-state index in [1.165, 1.54) is 12.1 Å². The van der Waals surface area contributed by atoms with Crippen molar-refractivity contribution in [2.45, 2.75) is 37.2 Å². The first-order valence-electron chi connectivity index (χ1n) is 8.36. The largest absolute Gasteiger partial charge is 0.324 e. The Labute approximate surface area is 166 Å². The zero-order valence-electron chi connectivity index (χ0n) is 15.8. The van der Waals surface area contributed by atoms with E-state index in [1.54, 1.807) is 50.2 Å². The van der Waals surface area contributed by atoms with Crippen LogP contribution < -0.4 is 15.4 Å². The number of aromatic nitrogens is 2. The van der Waals surface area contributed by atoms with Crippen molar-refractivity contribution >= 4 is 34.0 Å². The summed E-state index contributed by atoms with van der Waals surface area (Å²) in [6, 6.07) is 5.42. The summed E-state index contributed by atoms with van der Waals surface area (Å²) in [6.07, 6.45) is 4.04. The van der Waals surface area contributed by atoms with E-state index in [4.69, 9.17) is 0 Å². The first-order chi connectivity index (χ1) is 12.3. The van der Waals surface area contributed by atoms with Gasteiger partial charge in [-0.15, -0.1) is 12.4 Å². The second-order valence-electron chi connectivity index (χ2n) is 6.12. The van der Waals surface area contributed by atoms with Crippen LogP contribution in [0.3, 0.4) is 0 Å². The topological polar surface area (TPSA) is 105 Å². The van der Waals surface area contributed by atoms with Crippen LogP contribution in [0.5, 0.6) is 0 Å². The molecule has 3 N–H and O–H groups in total. The van der Waals surface area contributed by atoms with Gasteiger partial charge < -0.3 is 10.6 Å². The highest BCUT2D eigenvalue weighted by Gasteiger charge is 2.21. The van der Waals surface area contributed by atoms with E-state index in [1.807, 2.05) is 6.92 Å². The second kappa shape index (κ2) is 9.84. The average molecular weight is 416 g/mol. The Morgan fingerprint density at radius 1 is 1.33 bits per heavy atom. The van der Waals surface area contributed by atoms with E-state index in [9.17, 15) is 13.2 Å². The molecule has 1 heterocycles. The summed E-state index contributed by atoms with van der Waals surface area (Å²) in [6.45, 7) is 3.70. The number of nitrogens with one attached hydrogen (secondary N) is 3. The van der Waals surface area contributed by atoms with E-state index >= 15 is 0 Å². The van der Waals surface area contributed by atoms with Crippen molar-refractivity contribution in [3.8, 4) is 0 Å². The third kappa shape index (κ3) is 6.03. The molecule has 1 amide bonds. The third-order valence-corrected chi connectivity index (χ3v) is 5.58. The molecule has 150 valence electrons. The lowest BCUT2D eigenvalue weighted by molar-refractivity contribution is -0.118. The van der Waals surface area contributed by atoms with Crippen LogP contribution in [0.2, 0.25) is 0 Å². The van der Waals surface area contributed by atoms with Crippen molar-refractivity contribution in [3.63, 3.8) is 0 Å². The Hall–Kier alpha value is -1.94. The lowest BCUT2D eigenvalue weighted by Crippen LogP contribution is -2.32. The molecule has 2 aromatic rings. The first kappa shape index (κ1) is 23.1. The molecule has 8 nitrogen and oxygen atoms in total. The van der Waals surface area contributed by atoms with Gasteiger partial charge in [-0.1, -0.05) is 13.0 Å². The van der Waals surface area contributed by atoms with Crippen molar-refractivity contribution in [2.75, 3.05) is 12.4 Å². The highest BCUT2D eigenvalue weighted by atomic mass is 35.5. The smallest absolute Gasteiger partial charge is 0.246 e. The van der Waals surface area contributed by atoms with Crippen molar-refractivity contribution in [3.05, 3.63) is 42.2 Å². The number of hydrogen-bond acceptors (Lipinski definition) is 5. The molecule has 2 rings (SSSR count). The normalized spacial score (nSPS) is 13.5. The lowest BCUT2D eigenvalue weighted by Gasteiger charge is -2.16. The van der Waals surface area contributed by atoms with Crippen molar-refractivity contribution in [1.82, 2.24) is 19.8 Å². The Balaban J connectivity index is 0.00000364. The predicted octanol–water partition coefficient (Wildman–Crippen LogP) is 1.82. The van der Waals surface area contributed by atoms with Crippen molar-refractivity contribution in [2.24, 2.45) is 7.05 Å². The number of anilines is 1. The fourth-order valence-electron chi connectivity index (χ4n) is 2.41. The number of rotatable bonds is 8. The number of likely N-dealkylation sites (N-methyl/N-ethyl adjacent to an activating group) is 1. The van der Waals surface area contributed by atoms with E-state index in [0.29, 0.717) is 12.1 Å². The number of sulfonamides is 1. The number of halogens is 1. The highest BCUT2D eigenvalue weighted by molar-refractivity contribution is 7.89. The van der Waals surface area contributed by atoms with Gasteiger partial charge in [0.2, 0.25) is 15.9 Å². The van der Waals surface area contributed by atoms with Gasteiger partial charge in [-0.3, -0.25) is 9.48 Å². The maximum absolute atomic E-state index is 12.6. The Morgan fingerprint density at radius 2 is 2.04 bits per heavy atom. The van der Waals surface area contributed by atoms with Crippen LogP contribution in [0.15, 0.2) is 41.6 Å². The summed E-state index contributed by atoms with van der Waals surface area (Å²) in [5.74, 6) is -0.301. The summed E-state index contributed by atoms with van der Waals surface area (Å²) in [5.41, 5.74) is 1.13. The summed E-state index contributed by atoms with van der Waals surface area (Å²) in [7, 11) is -0.189. The predicted molar refractivity (Wildman–Crippen MR) is 107 cm³/mol. The van der Waals surface area contributed by atoms with Gasteiger partial charge >= 0.3 is 0 Å². The van der Waals surface area contributed by atoms with E-state index < -0.39 is 16.1 Å². The fourth-order valence-corrected chi connectivity index (χ4v) is 3.78. The minimum Gasteiger partial charge on any atom is -0.324 e. The molecule has 1 aromatic heterocycles. The Kier molecular flexibility index (Phi) is 8.42. The van der Waals surface area contributed by atoms with Gasteiger partial charge in [-0.05, 0) is 38.6 Å². The Morgan fingerprint density at radius 3 is 2.59 bits per heavy atom. The monoisotopic (exact) mass is 415 g/mol. The number of aryl methyl sites for hydroxylation is 1. The molecule has 0 spiro atoms. The van der Waals surface area contributed by atoms with Crippen LogP contribution in [-0.4, -0.2) is 37.2 Å². The maximum atomic E-state index is 12.6. The van der Waals surface area contributed by atoms with Gasteiger partial charge in [-0.2, -0.15) is 5.10 Å². The van der Waals surface area contributed by atoms with Gasteiger partial charge in [0.15, 0.2) is 0 Å². The molecule has 0 aliphatic rings. The van der Waals surface area contributed by atoms with Gasteiger partial charge in [0.1, 0.15) is 6.04 Å². The highest BCUT2D eigenvalue weighted by Crippen LogP contribution is 2.19. The quantitative estimate of drug-likeness (QED) is 0.609. The van der Waals surface area contributed by atoms with Gasteiger partial charge in [0.05, 0.1) is 11.1 Å². The van der Waals surface area contributed by atoms with Crippen LogP contribution in [0.1, 0.15) is 31.9 Å². The molecule has 2 atom stereocenters. The van der Waals surface area contributed by atoms with Crippen molar-refractivity contribution in [1.29, 1.82) is 0 Å². The summed E-state index contributed by atoms with van der Waals surface area (Å²) < 4.78 is 29.0. The zero-order valence-corrected chi connectivity index (χ0v) is 17.4. The van der Waals surface area contributed by atoms with Gasteiger partial charge in [-0.25, -0.2) is 13.1 Å². The maximum Gasteiger partial charge on any atom is 0.246 e. The fraction of sp³-hybridized carbons (Fsp3) is 0.412. The van der Waals surface area contributed by atoms with Crippen LogP contribution in [0.4, 0.5) is 5.69 Å². The van der Waals surface area contributed by atoms with Crippen LogP contribution >= 0.6 is 12.4 Å². The molecule has 27 heavy (non-hydrogen) atoms. The van der Waals surface area contributed by atoms with Crippen LogP contribution in [0, 0.1) is 0 Å². The Bertz CT molecular complexity index is 869. The molecule has 0 aliphatic carbocycles. The number of nitrogens with zero attached hydrogens (tertiary/aromatic N) is 2. The van der Waals surface area contributed by atoms with Crippen molar-refractivity contribution < 1.29 is 13.2 Å². The molecule has 0 fully saturated rings. The molecule has 10 heteroatoms. The molecule has 0 aliphatic heterocycles. The second-order valence-corrected chi connectivity index (χ2v) is 7.83. The molecule has 0 radical (unpaired) electrons. The third-order valence-electron chi connectivity index (χ3n) is 3.99. The molecule has 0 saturated heterocycles. The SMILES string of the molecule is CCC(C)NS(=O)(=O)c1cccc(NC(=O)C(NC)c2cnn(C)c2)c1.Cl. The molecule has 0 saturated carbocycles. The molecule has 1 aromatic carbocycles. The van der Waals surface area contributed by atoms with E-state index in [2.05, 4.69) is 20.5 Å². The first-order valence-corrected chi connectivity index (χ1v) is 9.84. The molecule has 0 bridgehead atoms. The van der Waals surface area contributed by atoms with Gasteiger partial charge in [0, 0.05) is 30.5 Å². The zero-order chi connectivity index (χ0) is 19.3. The number of amides is 1. The minimum atomic E-state index is -3.63. The number of benzene rings is 1. The van der Waals surface area contributed by atoms with E-state index in [-0.39, 0.29) is 29.3 Å². The summed E-state index contributed by atoms with van der Waals surface area (Å²) >= 11 is 0.